The molecule has 17 heavy (non-hydrogen) atoms. The van der Waals surface area contributed by atoms with Gasteiger partial charge in [-0.1, -0.05) is 41.5 Å². The standard InChI is InChI=1S/C15H30O2/c1-14(2,3)9-11-17-10-7-8-13(16)12-15(4,5)6/h7-12H2,1-6H3. The van der Waals surface area contributed by atoms with E-state index < -0.39 is 0 Å². The first-order chi connectivity index (χ1) is 7.60. The zero-order valence-corrected chi connectivity index (χ0v) is 12.6. The molecule has 0 heterocycles. The summed E-state index contributed by atoms with van der Waals surface area (Å²) in [6, 6.07) is 0. The van der Waals surface area contributed by atoms with Gasteiger partial charge in [-0.15, -0.1) is 0 Å². The molecule has 0 aromatic rings. The summed E-state index contributed by atoms with van der Waals surface area (Å²) >= 11 is 0. The SMILES string of the molecule is CC(C)(C)CCOCCCC(=O)CC(C)(C)C. The van der Waals surface area contributed by atoms with Crippen LogP contribution in [0.4, 0.5) is 0 Å². The number of hydrogen-bond donors (Lipinski definition) is 0. The lowest BCUT2D eigenvalue weighted by molar-refractivity contribution is -0.121. The van der Waals surface area contributed by atoms with Crippen molar-refractivity contribution >= 4 is 5.78 Å². The number of carbonyl (C=O) groups is 1. The van der Waals surface area contributed by atoms with Crippen molar-refractivity contribution in [3.05, 3.63) is 0 Å². The summed E-state index contributed by atoms with van der Waals surface area (Å²) in [5, 5.41) is 0. The van der Waals surface area contributed by atoms with Gasteiger partial charge in [0, 0.05) is 26.1 Å². The molecule has 0 bridgehead atoms. The second kappa shape index (κ2) is 7.15. The minimum atomic E-state index is 0.115. The molecule has 0 fully saturated rings. The fraction of sp³-hybridized carbons (Fsp3) is 0.933. The van der Waals surface area contributed by atoms with Crippen LogP contribution in [-0.2, 0) is 9.53 Å². The molecule has 0 radical (unpaired) electrons. The highest BCUT2D eigenvalue weighted by Crippen LogP contribution is 2.20. The van der Waals surface area contributed by atoms with Crippen molar-refractivity contribution in [1.82, 2.24) is 0 Å². The molecule has 2 nitrogen and oxygen atoms in total. The maximum Gasteiger partial charge on any atom is 0.133 e. The van der Waals surface area contributed by atoms with Crippen LogP contribution in [-0.4, -0.2) is 19.0 Å². The number of Topliss-reactive ketones (excluding diaryl/α,β-unsaturated/α-hetero) is 1. The topological polar surface area (TPSA) is 26.3 Å². The van der Waals surface area contributed by atoms with E-state index in [4.69, 9.17) is 4.74 Å². The highest BCUT2D eigenvalue weighted by atomic mass is 16.5. The largest absolute Gasteiger partial charge is 0.381 e. The van der Waals surface area contributed by atoms with Crippen LogP contribution in [0.2, 0.25) is 0 Å². The van der Waals surface area contributed by atoms with Gasteiger partial charge < -0.3 is 4.74 Å². The lowest BCUT2D eigenvalue weighted by Gasteiger charge is -2.18. The van der Waals surface area contributed by atoms with Crippen LogP contribution in [0.3, 0.4) is 0 Å². The highest BCUT2D eigenvalue weighted by molar-refractivity contribution is 5.78. The number of ether oxygens (including phenoxy) is 1. The van der Waals surface area contributed by atoms with Crippen LogP contribution < -0.4 is 0 Å². The Balaban J connectivity index is 3.44. The number of carbonyl (C=O) groups excluding carboxylic acids is 1. The first-order valence-electron chi connectivity index (χ1n) is 6.70. The Morgan fingerprint density at radius 3 is 2.00 bits per heavy atom. The molecule has 0 rings (SSSR count). The maximum atomic E-state index is 11.6. The molecule has 0 aliphatic rings. The van der Waals surface area contributed by atoms with Crippen LogP contribution in [0.25, 0.3) is 0 Å². The van der Waals surface area contributed by atoms with Crippen LogP contribution in [0.5, 0.6) is 0 Å². The van der Waals surface area contributed by atoms with Crippen LogP contribution in [0, 0.1) is 10.8 Å². The third-order valence-electron chi connectivity index (χ3n) is 2.47. The molecule has 0 N–H and O–H groups in total. The molecule has 102 valence electrons. The second-order valence-electron chi connectivity index (χ2n) is 7.30. The first-order valence-corrected chi connectivity index (χ1v) is 6.70. The molecule has 0 unspecified atom stereocenters. The summed E-state index contributed by atoms with van der Waals surface area (Å²) in [4.78, 5) is 11.6. The summed E-state index contributed by atoms with van der Waals surface area (Å²) in [5.41, 5.74) is 0.451. The van der Waals surface area contributed by atoms with Crippen LogP contribution in [0.15, 0.2) is 0 Å². The lowest BCUT2D eigenvalue weighted by atomic mass is 9.89. The van der Waals surface area contributed by atoms with E-state index in [1.54, 1.807) is 0 Å². The third kappa shape index (κ3) is 13.6. The van der Waals surface area contributed by atoms with E-state index in [0.29, 0.717) is 30.6 Å². The van der Waals surface area contributed by atoms with Gasteiger partial charge in [0.1, 0.15) is 5.78 Å². The summed E-state index contributed by atoms with van der Waals surface area (Å²) in [6.07, 6.45) is 3.27. The van der Waals surface area contributed by atoms with Gasteiger partial charge in [0.05, 0.1) is 0 Å². The van der Waals surface area contributed by atoms with Crippen molar-refractivity contribution in [2.45, 2.75) is 67.2 Å². The van der Waals surface area contributed by atoms with Gasteiger partial charge in [0.25, 0.3) is 0 Å². The summed E-state index contributed by atoms with van der Waals surface area (Å²) in [5.74, 6) is 0.358. The van der Waals surface area contributed by atoms with Gasteiger partial charge in [-0.05, 0) is 23.7 Å². The molecule has 0 aliphatic carbocycles. The van der Waals surface area contributed by atoms with Gasteiger partial charge in [-0.2, -0.15) is 0 Å². The average molecular weight is 242 g/mol. The maximum absolute atomic E-state index is 11.6. The summed E-state index contributed by atoms with van der Waals surface area (Å²) in [6.45, 7) is 14.5. The second-order valence-corrected chi connectivity index (χ2v) is 7.30. The van der Waals surface area contributed by atoms with Crippen molar-refractivity contribution in [2.24, 2.45) is 10.8 Å². The summed E-state index contributed by atoms with van der Waals surface area (Å²) in [7, 11) is 0. The highest BCUT2D eigenvalue weighted by Gasteiger charge is 2.15. The Hall–Kier alpha value is -0.370. The van der Waals surface area contributed by atoms with E-state index in [1.165, 1.54) is 0 Å². The molecule has 0 spiro atoms. The van der Waals surface area contributed by atoms with E-state index >= 15 is 0 Å². The molecule has 0 aromatic heterocycles. The zero-order valence-electron chi connectivity index (χ0n) is 12.6. The Morgan fingerprint density at radius 2 is 1.53 bits per heavy atom. The number of rotatable bonds is 7. The lowest BCUT2D eigenvalue weighted by Crippen LogP contribution is -2.14. The monoisotopic (exact) mass is 242 g/mol. The first kappa shape index (κ1) is 16.6. The zero-order chi connectivity index (χ0) is 13.5. The van der Waals surface area contributed by atoms with Crippen LogP contribution >= 0.6 is 0 Å². The average Bonchev–Trinajstić information content (AvgIpc) is 2.06. The molecule has 0 atom stereocenters. The Morgan fingerprint density at radius 1 is 0.941 bits per heavy atom. The normalized spacial score (nSPS) is 12.8. The van der Waals surface area contributed by atoms with Gasteiger partial charge in [0.2, 0.25) is 0 Å². The van der Waals surface area contributed by atoms with E-state index in [-0.39, 0.29) is 5.41 Å². The third-order valence-corrected chi connectivity index (χ3v) is 2.47. The minimum Gasteiger partial charge on any atom is -0.381 e. The van der Waals surface area contributed by atoms with Gasteiger partial charge in [-0.3, -0.25) is 4.79 Å². The molecule has 0 aromatic carbocycles. The van der Waals surface area contributed by atoms with Gasteiger partial charge in [0.15, 0.2) is 0 Å². The predicted molar refractivity (Wildman–Crippen MR) is 73.2 cm³/mol. The molecule has 2 heteroatoms. The summed E-state index contributed by atoms with van der Waals surface area (Å²) < 4.78 is 5.54. The number of hydrogen-bond acceptors (Lipinski definition) is 2. The van der Waals surface area contributed by atoms with Crippen molar-refractivity contribution < 1.29 is 9.53 Å². The molecule has 0 saturated heterocycles. The molecule has 0 amide bonds. The van der Waals surface area contributed by atoms with E-state index in [9.17, 15) is 4.79 Å². The number of ketones is 1. The van der Waals surface area contributed by atoms with E-state index in [0.717, 1.165) is 19.4 Å². The molecule has 0 aliphatic heterocycles. The predicted octanol–water partition coefficient (Wildman–Crippen LogP) is 4.22. The van der Waals surface area contributed by atoms with Crippen molar-refractivity contribution in [3.8, 4) is 0 Å². The molecular formula is C15H30O2. The van der Waals surface area contributed by atoms with E-state index in [2.05, 4.69) is 41.5 Å². The smallest absolute Gasteiger partial charge is 0.133 e. The van der Waals surface area contributed by atoms with Crippen molar-refractivity contribution in [2.75, 3.05) is 13.2 Å². The molecule has 0 saturated carbocycles. The minimum absolute atomic E-state index is 0.115. The van der Waals surface area contributed by atoms with Crippen molar-refractivity contribution in [3.63, 3.8) is 0 Å². The Bertz CT molecular complexity index is 218. The van der Waals surface area contributed by atoms with Crippen LogP contribution in [0.1, 0.15) is 67.2 Å². The molecular weight excluding hydrogens is 212 g/mol. The Kier molecular flexibility index (Phi) is 6.99. The Labute approximate surface area is 107 Å². The fourth-order valence-electron chi connectivity index (χ4n) is 1.53. The quantitative estimate of drug-likeness (QED) is 0.625. The van der Waals surface area contributed by atoms with Gasteiger partial charge >= 0.3 is 0 Å². The van der Waals surface area contributed by atoms with Crippen molar-refractivity contribution in [1.29, 1.82) is 0 Å². The fourth-order valence-corrected chi connectivity index (χ4v) is 1.53. The van der Waals surface area contributed by atoms with Gasteiger partial charge in [-0.25, -0.2) is 0 Å². The van der Waals surface area contributed by atoms with E-state index in [1.807, 2.05) is 0 Å².